The number of ether oxygens (including phenoxy) is 1. The molecule has 3 rings (SSSR count). The maximum atomic E-state index is 11.9. The third-order valence-electron chi connectivity index (χ3n) is 3.05. The number of aromatic nitrogens is 1. The van der Waals surface area contributed by atoms with Crippen molar-refractivity contribution in [2.45, 2.75) is 18.6 Å². The van der Waals surface area contributed by atoms with Gasteiger partial charge in [0.15, 0.2) is 0 Å². The van der Waals surface area contributed by atoms with Crippen molar-refractivity contribution in [3.05, 3.63) is 30.1 Å². The molecule has 1 aromatic heterocycles. The summed E-state index contributed by atoms with van der Waals surface area (Å²) >= 11 is 0. The van der Waals surface area contributed by atoms with E-state index in [0.29, 0.717) is 5.71 Å². The van der Waals surface area contributed by atoms with Gasteiger partial charge in [0, 0.05) is 25.0 Å². The molecule has 1 fully saturated rings. The number of hydrogen-bond donors (Lipinski definition) is 0. The van der Waals surface area contributed by atoms with E-state index in [0.717, 1.165) is 5.56 Å². The molecule has 0 bridgehead atoms. The number of epoxide rings is 1. The Morgan fingerprint density at radius 3 is 2.94 bits per heavy atom. The van der Waals surface area contributed by atoms with E-state index in [1.54, 1.807) is 19.4 Å². The smallest absolute Gasteiger partial charge is 0.283 e. The van der Waals surface area contributed by atoms with E-state index in [9.17, 15) is 4.79 Å². The fraction of sp³-hybridized carbons (Fsp3) is 0.364. The summed E-state index contributed by atoms with van der Waals surface area (Å²) in [7, 11) is 1.64. The zero-order valence-corrected chi connectivity index (χ0v) is 9.04. The van der Waals surface area contributed by atoms with E-state index in [-0.39, 0.29) is 12.0 Å². The van der Waals surface area contributed by atoms with Crippen LogP contribution in [0.5, 0.6) is 0 Å². The van der Waals surface area contributed by atoms with Crippen molar-refractivity contribution in [1.29, 1.82) is 0 Å². The Morgan fingerprint density at radius 1 is 1.56 bits per heavy atom. The highest BCUT2D eigenvalue weighted by molar-refractivity contribution is 6.17. The summed E-state index contributed by atoms with van der Waals surface area (Å²) in [5, 5.41) is 5.45. The minimum atomic E-state index is -0.849. The lowest BCUT2D eigenvalue weighted by molar-refractivity contribution is -0.131. The van der Waals surface area contributed by atoms with Crippen molar-refractivity contribution < 1.29 is 9.53 Å². The predicted octanol–water partition coefficient (Wildman–Crippen LogP) is 0.740. The van der Waals surface area contributed by atoms with E-state index in [4.69, 9.17) is 4.74 Å². The largest absolute Gasteiger partial charge is 0.344 e. The maximum absolute atomic E-state index is 11.9. The number of carbonyl (C=O) groups is 1. The molecule has 16 heavy (non-hydrogen) atoms. The first kappa shape index (κ1) is 9.47. The molecule has 0 aliphatic carbocycles. The number of hydrazone groups is 1. The molecule has 5 heteroatoms. The first-order valence-electron chi connectivity index (χ1n) is 5.08. The summed E-state index contributed by atoms with van der Waals surface area (Å²) in [4.78, 5) is 16.0. The molecule has 1 amide bonds. The lowest BCUT2D eigenvalue weighted by atomic mass is 9.96. The molecule has 0 N–H and O–H groups in total. The Bertz CT molecular complexity index is 485. The molecule has 0 aromatic carbocycles. The molecule has 0 radical (unpaired) electrons. The number of nitrogens with zero attached hydrogens (tertiary/aromatic N) is 3. The normalized spacial score (nSPS) is 32.1. The minimum Gasteiger partial charge on any atom is -0.344 e. The number of rotatable bonds is 1. The van der Waals surface area contributed by atoms with Crippen molar-refractivity contribution in [3.63, 3.8) is 0 Å². The molecule has 2 aliphatic heterocycles. The highest BCUT2D eigenvalue weighted by atomic mass is 16.6. The molecule has 82 valence electrons. The Hall–Kier alpha value is -1.75. The summed E-state index contributed by atoms with van der Waals surface area (Å²) < 4.78 is 5.58. The lowest BCUT2D eigenvalue weighted by Crippen LogP contribution is -2.33. The minimum absolute atomic E-state index is 0.0983. The van der Waals surface area contributed by atoms with Crippen molar-refractivity contribution in [2.24, 2.45) is 5.10 Å². The Kier molecular flexibility index (Phi) is 1.71. The number of carbonyl (C=O) groups excluding carboxylic acids is 1. The Morgan fingerprint density at radius 2 is 2.38 bits per heavy atom. The quantitative estimate of drug-likeness (QED) is 0.652. The van der Waals surface area contributed by atoms with Crippen LogP contribution in [0.2, 0.25) is 0 Å². The fourth-order valence-electron chi connectivity index (χ4n) is 2.16. The summed E-state index contributed by atoms with van der Waals surface area (Å²) in [6.07, 6.45) is 3.18. The fourth-order valence-corrected chi connectivity index (χ4v) is 2.16. The first-order chi connectivity index (χ1) is 7.66. The van der Waals surface area contributed by atoms with Gasteiger partial charge in [0.2, 0.25) is 5.60 Å². The zero-order valence-electron chi connectivity index (χ0n) is 9.04. The van der Waals surface area contributed by atoms with Crippen LogP contribution in [0.15, 0.2) is 29.6 Å². The molecule has 0 saturated carbocycles. The van der Waals surface area contributed by atoms with Crippen molar-refractivity contribution >= 4 is 11.6 Å². The second-order valence-corrected chi connectivity index (χ2v) is 4.03. The first-order valence-corrected chi connectivity index (χ1v) is 5.08. The Labute approximate surface area is 92.7 Å². The third kappa shape index (κ3) is 1.01. The van der Waals surface area contributed by atoms with Crippen LogP contribution in [-0.2, 0) is 9.53 Å². The predicted molar refractivity (Wildman–Crippen MR) is 56.7 cm³/mol. The average molecular weight is 217 g/mol. The maximum Gasteiger partial charge on any atom is 0.283 e. The summed E-state index contributed by atoms with van der Waals surface area (Å²) in [5.74, 6) is -0.0983. The van der Waals surface area contributed by atoms with Gasteiger partial charge >= 0.3 is 0 Å². The molecule has 1 saturated heterocycles. The van der Waals surface area contributed by atoms with Crippen molar-refractivity contribution in [3.8, 4) is 0 Å². The highest BCUT2D eigenvalue weighted by Crippen LogP contribution is 2.53. The number of pyridine rings is 1. The van der Waals surface area contributed by atoms with Gasteiger partial charge in [-0.2, -0.15) is 5.10 Å². The van der Waals surface area contributed by atoms with Crippen LogP contribution in [-0.4, -0.2) is 34.3 Å². The average Bonchev–Trinajstić information content (AvgIpc) is 3.01. The van der Waals surface area contributed by atoms with Crippen molar-refractivity contribution in [1.82, 2.24) is 9.99 Å². The van der Waals surface area contributed by atoms with Crippen LogP contribution < -0.4 is 0 Å². The molecule has 2 aliphatic rings. The monoisotopic (exact) mass is 217 g/mol. The van der Waals surface area contributed by atoms with Crippen LogP contribution >= 0.6 is 0 Å². The van der Waals surface area contributed by atoms with Gasteiger partial charge in [-0.3, -0.25) is 9.78 Å². The SMILES string of the molecule is CC1=NN(C)C(=O)C12OC2c1cccnc1. The molecule has 2 atom stereocenters. The lowest BCUT2D eigenvalue weighted by Gasteiger charge is -2.04. The second kappa shape index (κ2) is 2.89. The van der Waals surface area contributed by atoms with Gasteiger partial charge in [0.25, 0.3) is 5.91 Å². The number of likely N-dealkylation sites (N-methyl/N-ethyl adjacent to an activating group) is 1. The molecule has 3 heterocycles. The molecule has 5 nitrogen and oxygen atoms in total. The van der Waals surface area contributed by atoms with Gasteiger partial charge in [0.05, 0.1) is 5.71 Å². The molecular formula is C11H11N3O2. The topological polar surface area (TPSA) is 58.1 Å². The van der Waals surface area contributed by atoms with Gasteiger partial charge in [-0.15, -0.1) is 0 Å². The standard InChI is InChI=1S/C11H11N3O2/c1-7-11(10(15)14(2)13-7)9(16-11)8-4-3-5-12-6-8/h3-6,9H,1-2H3. The van der Waals surface area contributed by atoms with E-state index in [2.05, 4.69) is 10.1 Å². The van der Waals surface area contributed by atoms with Crippen LogP contribution in [0.4, 0.5) is 0 Å². The van der Waals surface area contributed by atoms with Crippen LogP contribution in [0.25, 0.3) is 0 Å². The van der Waals surface area contributed by atoms with Crippen LogP contribution in [0.1, 0.15) is 18.6 Å². The van der Waals surface area contributed by atoms with Crippen LogP contribution in [0, 0.1) is 0 Å². The van der Waals surface area contributed by atoms with Gasteiger partial charge in [0.1, 0.15) is 6.10 Å². The summed E-state index contributed by atoms with van der Waals surface area (Å²) in [6, 6.07) is 3.74. The van der Waals surface area contributed by atoms with Crippen LogP contribution in [0.3, 0.4) is 0 Å². The summed E-state index contributed by atoms with van der Waals surface area (Å²) in [6.45, 7) is 1.82. The Balaban J connectivity index is 1.96. The molecule has 2 unspecified atom stereocenters. The van der Waals surface area contributed by atoms with Gasteiger partial charge < -0.3 is 4.74 Å². The highest BCUT2D eigenvalue weighted by Gasteiger charge is 2.69. The van der Waals surface area contributed by atoms with Gasteiger partial charge in [-0.25, -0.2) is 5.01 Å². The molecule has 1 aromatic rings. The van der Waals surface area contributed by atoms with E-state index in [1.165, 1.54) is 5.01 Å². The van der Waals surface area contributed by atoms with Gasteiger partial charge in [-0.1, -0.05) is 6.07 Å². The third-order valence-corrected chi connectivity index (χ3v) is 3.05. The van der Waals surface area contributed by atoms with E-state index in [1.807, 2.05) is 19.1 Å². The molecular weight excluding hydrogens is 206 g/mol. The van der Waals surface area contributed by atoms with Crippen molar-refractivity contribution in [2.75, 3.05) is 7.05 Å². The summed E-state index contributed by atoms with van der Waals surface area (Å²) in [5.41, 5.74) is 0.784. The number of amides is 1. The van der Waals surface area contributed by atoms with E-state index >= 15 is 0 Å². The zero-order chi connectivity index (χ0) is 11.3. The van der Waals surface area contributed by atoms with E-state index < -0.39 is 5.60 Å². The molecule has 1 spiro atoms. The van der Waals surface area contributed by atoms with Gasteiger partial charge in [-0.05, 0) is 13.0 Å². The number of hydrogen-bond acceptors (Lipinski definition) is 4. The second-order valence-electron chi connectivity index (χ2n) is 4.03.